The Hall–Kier alpha value is -1.38. The van der Waals surface area contributed by atoms with Crippen molar-refractivity contribution in [1.29, 1.82) is 0 Å². The lowest BCUT2D eigenvalue weighted by Gasteiger charge is -2.13. The van der Waals surface area contributed by atoms with Crippen molar-refractivity contribution in [2.75, 3.05) is 5.75 Å². The van der Waals surface area contributed by atoms with Crippen LogP contribution in [0.2, 0.25) is 0 Å². The Labute approximate surface area is 149 Å². The summed E-state index contributed by atoms with van der Waals surface area (Å²) < 4.78 is 2.25. The summed E-state index contributed by atoms with van der Waals surface area (Å²) in [6, 6.07) is 8.34. The number of fused-ring (bicyclic) bond motifs is 1. The maximum Gasteiger partial charge on any atom is 0.238 e. The average molecular weight is 369 g/mol. The van der Waals surface area contributed by atoms with Gasteiger partial charge in [0.15, 0.2) is 9.45 Å². The molecule has 0 fully saturated rings. The highest BCUT2D eigenvalue weighted by Crippen LogP contribution is 2.29. The van der Waals surface area contributed by atoms with Crippen LogP contribution in [0.5, 0.6) is 0 Å². The molecule has 0 spiro atoms. The molecule has 0 aliphatic heterocycles. The van der Waals surface area contributed by atoms with Gasteiger partial charge in [0.1, 0.15) is 0 Å². The second-order valence-electron chi connectivity index (χ2n) is 5.20. The normalized spacial score (nSPS) is 10.7. The number of thiazole rings is 1. The number of nitrogens with one attached hydrogen (secondary N) is 3. The molecular formula is C15H20N4OS3. The summed E-state index contributed by atoms with van der Waals surface area (Å²) in [7, 11) is 0. The van der Waals surface area contributed by atoms with Crippen molar-refractivity contribution in [2.45, 2.75) is 37.1 Å². The highest BCUT2D eigenvalue weighted by Gasteiger charge is 2.06. The number of thioether (sulfide) groups is 1. The summed E-state index contributed by atoms with van der Waals surface area (Å²) in [5, 5.41) is 3.42. The maximum atomic E-state index is 11.7. The summed E-state index contributed by atoms with van der Waals surface area (Å²) in [6.07, 6.45) is 1.24. The fraction of sp³-hybridized carbons (Fsp3) is 0.400. The summed E-state index contributed by atoms with van der Waals surface area (Å²) in [5.41, 5.74) is 6.32. The molecule has 0 aliphatic carbocycles. The Kier molecular flexibility index (Phi) is 7.07. The number of hydrogen-bond acceptors (Lipinski definition) is 5. The number of thiocarbonyl (C=S) groups is 1. The minimum atomic E-state index is -0.0668. The molecule has 3 N–H and O–H groups in total. The first-order chi connectivity index (χ1) is 11.0. The second kappa shape index (κ2) is 9.05. The smallest absolute Gasteiger partial charge is 0.238 e. The lowest BCUT2D eigenvalue weighted by atomic mass is 10.3. The van der Waals surface area contributed by atoms with Crippen molar-refractivity contribution in [3.05, 3.63) is 24.3 Å². The predicted octanol–water partition coefficient (Wildman–Crippen LogP) is 3.07. The molecule has 0 atom stereocenters. The molecule has 124 valence electrons. The minimum absolute atomic E-state index is 0.0668. The number of carbonyl (C=O) groups is 1. The van der Waals surface area contributed by atoms with Gasteiger partial charge in [-0.2, -0.15) is 0 Å². The number of carbonyl (C=O) groups excluding carboxylic acids is 1. The van der Waals surface area contributed by atoms with Crippen molar-refractivity contribution >= 4 is 56.6 Å². The van der Waals surface area contributed by atoms with Gasteiger partial charge in [0.05, 0.1) is 10.2 Å². The molecule has 23 heavy (non-hydrogen) atoms. The Balaban J connectivity index is 1.63. The number of nitrogens with zero attached hydrogens (tertiary/aromatic N) is 1. The molecular weight excluding hydrogens is 348 g/mol. The first kappa shape index (κ1) is 18.0. The number of benzene rings is 1. The largest absolute Gasteiger partial charge is 0.359 e. The molecule has 0 aliphatic rings. The zero-order chi connectivity index (χ0) is 16.7. The fourth-order valence-corrected chi connectivity index (χ4v) is 4.16. The topological polar surface area (TPSA) is 66.0 Å². The second-order valence-corrected chi connectivity index (χ2v) is 7.98. The monoisotopic (exact) mass is 368 g/mol. The van der Waals surface area contributed by atoms with Gasteiger partial charge >= 0.3 is 0 Å². The van der Waals surface area contributed by atoms with Gasteiger partial charge in [0.25, 0.3) is 0 Å². The quantitative estimate of drug-likeness (QED) is 0.315. The molecule has 1 aromatic heterocycles. The van der Waals surface area contributed by atoms with Crippen LogP contribution in [0.3, 0.4) is 0 Å². The molecule has 1 aromatic carbocycles. The van der Waals surface area contributed by atoms with Crippen LogP contribution in [0.1, 0.15) is 26.7 Å². The van der Waals surface area contributed by atoms with Crippen molar-refractivity contribution in [1.82, 2.24) is 21.2 Å². The van der Waals surface area contributed by atoms with E-state index in [1.54, 1.807) is 23.1 Å². The van der Waals surface area contributed by atoms with Crippen LogP contribution in [-0.4, -0.2) is 27.8 Å². The molecule has 2 rings (SSSR count). The van der Waals surface area contributed by atoms with Crippen LogP contribution >= 0.6 is 35.3 Å². The van der Waals surface area contributed by atoms with E-state index in [-0.39, 0.29) is 11.9 Å². The molecule has 5 nitrogen and oxygen atoms in total. The van der Waals surface area contributed by atoms with Crippen molar-refractivity contribution in [2.24, 2.45) is 0 Å². The number of rotatable bonds is 6. The van der Waals surface area contributed by atoms with Gasteiger partial charge in [-0.05, 0) is 44.6 Å². The Morgan fingerprint density at radius 1 is 1.35 bits per heavy atom. The Morgan fingerprint density at radius 3 is 2.87 bits per heavy atom. The first-order valence-corrected chi connectivity index (χ1v) is 9.59. The molecule has 1 heterocycles. The van der Waals surface area contributed by atoms with Gasteiger partial charge in [-0.3, -0.25) is 15.6 Å². The zero-order valence-corrected chi connectivity index (χ0v) is 15.5. The van der Waals surface area contributed by atoms with Crippen molar-refractivity contribution in [3.63, 3.8) is 0 Å². The van der Waals surface area contributed by atoms with Crippen LogP contribution in [-0.2, 0) is 4.79 Å². The summed E-state index contributed by atoms with van der Waals surface area (Å²) in [4.78, 5) is 16.3. The van der Waals surface area contributed by atoms with Gasteiger partial charge in [0, 0.05) is 18.2 Å². The number of amides is 1. The third-order valence-electron chi connectivity index (χ3n) is 2.78. The van der Waals surface area contributed by atoms with Gasteiger partial charge in [-0.15, -0.1) is 11.3 Å². The van der Waals surface area contributed by atoms with Crippen LogP contribution < -0.4 is 16.2 Å². The molecule has 0 bridgehead atoms. The molecule has 0 unspecified atom stereocenters. The minimum Gasteiger partial charge on any atom is -0.359 e. The number of para-hydroxylation sites is 1. The van der Waals surface area contributed by atoms with Gasteiger partial charge in [-0.1, -0.05) is 23.9 Å². The SMILES string of the molecule is CC(C)NC(=S)NNC(=O)CCCSc1nc2ccccc2s1. The van der Waals surface area contributed by atoms with Crippen molar-refractivity contribution < 1.29 is 4.79 Å². The maximum absolute atomic E-state index is 11.7. The van der Waals surface area contributed by atoms with E-state index >= 15 is 0 Å². The number of hydrogen-bond donors (Lipinski definition) is 3. The molecule has 0 saturated heterocycles. The van der Waals surface area contributed by atoms with Gasteiger partial charge in [-0.25, -0.2) is 4.98 Å². The van der Waals surface area contributed by atoms with Crippen LogP contribution in [0.25, 0.3) is 10.2 Å². The van der Waals surface area contributed by atoms with Crippen LogP contribution in [0, 0.1) is 0 Å². The third-order valence-corrected chi connectivity index (χ3v) is 5.27. The van der Waals surface area contributed by atoms with Crippen molar-refractivity contribution in [3.8, 4) is 0 Å². The standard InChI is InChI=1S/C15H20N4OS3/c1-10(2)16-14(21)19-18-13(20)8-5-9-22-15-17-11-6-3-4-7-12(11)23-15/h3-4,6-7,10H,5,8-9H2,1-2H3,(H,18,20)(H2,16,19,21). The van der Waals surface area contributed by atoms with Crippen LogP contribution in [0.15, 0.2) is 28.6 Å². The summed E-state index contributed by atoms with van der Waals surface area (Å²) >= 11 is 8.41. The van der Waals surface area contributed by atoms with E-state index in [4.69, 9.17) is 12.2 Å². The van der Waals surface area contributed by atoms with E-state index in [0.29, 0.717) is 11.5 Å². The number of aromatic nitrogens is 1. The van der Waals surface area contributed by atoms with Gasteiger partial charge in [0.2, 0.25) is 5.91 Å². The van der Waals surface area contributed by atoms with E-state index < -0.39 is 0 Å². The first-order valence-electron chi connectivity index (χ1n) is 7.38. The highest BCUT2D eigenvalue weighted by molar-refractivity contribution is 8.01. The zero-order valence-electron chi connectivity index (χ0n) is 13.1. The fourth-order valence-electron chi connectivity index (χ4n) is 1.79. The molecule has 0 radical (unpaired) electrons. The lowest BCUT2D eigenvalue weighted by Crippen LogP contribution is -2.48. The molecule has 2 aromatic rings. The molecule has 8 heteroatoms. The van der Waals surface area contributed by atoms with E-state index in [2.05, 4.69) is 27.2 Å². The summed E-state index contributed by atoms with van der Waals surface area (Å²) in [6.45, 7) is 3.96. The Morgan fingerprint density at radius 2 is 2.13 bits per heavy atom. The highest BCUT2D eigenvalue weighted by atomic mass is 32.2. The predicted molar refractivity (Wildman–Crippen MR) is 102 cm³/mol. The Bertz CT molecular complexity index is 639. The third kappa shape index (κ3) is 6.32. The molecule has 0 saturated carbocycles. The van der Waals surface area contributed by atoms with E-state index in [0.717, 1.165) is 22.0 Å². The van der Waals surface area contributed by atoms with Gasteiger partial charge < -0.3 is 5.32 Å². The van der Waals surface area contributed by atoms with Crippen LogP contribution in [0.4, 0.5) is 0 Å². The van der Waals surface area contributed by atoms with E-state index in [1.807, 2.05) is 32.0 Å². The average Bonchev–Trinajstić information content (AvgIpc) is 2.91. The lowest BCUT2D eigenvalue weighted by molar-refractivity contribution is -0.121. The van der Waals surface area contributed by atoms with E-state index in [9.17, 15) is 4.79 Å². The number of hydrazine groups is 1. The molecule has 1 amide bonds. The van der Waals surface area contributed by atoms with E-state index in [1.165, 1.54) is 4.70 Å². The summed E-state index contributed by atoms with van der Waals surface area (Å²) in [5.74, 6) is 0.796.